The molecule has 2 N–H and O–H groups in total. The summed E-state index contributed by atoms with van der Waals surface area (Å²) in [6.45, 7) is 2.35. The lowest BCUT2D eigenvalue weighted by Crippen LogP contribution is -2.51. The van der Waals surface area contributed by atoms with Crippen LogP contribution < -0.4 is 10.6 Å². The third kappa shape index (κ3) is 1.27. The molecule has 2 unspecified atom stereocenters. The summed E-state index contributed by atoms with van der Waals surface area (Å²) in [4.78, 5) is 2.44. The van der Waals surface area contributed by atoms with Gasteiger partial charge >= 0.3 is 0 Å². The fraction of sp³-hybridized carbons (Fsp3) is 0.455. The molecule has 3 heteroatoms. The molecule has 2 nitrogen and oxygen atoms in total. The van der Waals surface area contributed by atoms with Crippen LogP contribution in [0.2, 0.25) is 0 Å². The number of thioether (sulfide) groups is 1. The van der Waals surface area contributed by atoms with Gasteiger partial charge in [0.05, 0.1) is 11.4 Å². The van der Waals surface area contributed by atoms with Crippen molar-refractivity contribution in [2.75, 3.05) is 23.7 Å². The zero-order valence-electron chi connectivity index (χ0n) is 8.02. The fourth-order valence-electron chi connectivity index (χ4n) is 2.33. The van der Waals surface area contributed by atoms with E-state index in [1.165, 1.54) is 25.2 Å². The molecule has 1 aromatic carbocycles. The first-order valence-electron chi connectivity index (χ1n) is 5.08. The van der Waals surface area contributed by atoms with E-state index >= 15 is 0 Å². The monoisotopic (exact) mass is 206 g/mol. The van der Waals surface area contributed by atoms with Crippen LogP contribution in [0.5, 0.6) is 0 Å². The fourth-order valence-corrected chi connectivity index (χ4v) is 3.73. The molecule has 0 saturated carbocycles. The van der Waals surface area contributed by atoms with Crippen molar-refractivity contribution in [3.63, 3.8) is 0 Å². The number of rotatable bonds is 1. The first-order chi connectivity index (χ1) is 6.83. The molecular weight excluding hydrogens is 192 g/mol. The highest BCUT2D eigenvalue weighted by Gasteiger charge is 2.38. The van der Waals surface area contributed by atoms with Crippen LogP contribution in [0.4, 0.5) is 11.4 Å². The maximum Gasteiger partial charge on any atom is 0.0600 e. The van der Waals surface area contributed by atoms with E-state index in [4.69, 9.17) is 5.73 Å². The second kappa shape index (κ2) is 3.09. The Balaban J connectivity index is 1.85. The molecule has 1 aromatic rings. The predicted octanol–water partition coefficient (Wildman–Crippen LogP) is 1.96. The molecule has 3 fully saturated rings. The van der Waals surface area contributed by atoms with Crippen LogP contribution in [0.1, 0.15) is 6.42 Å². The molecular formula is C11H14N2S. The van der Waals surface area contributed by atoms with Crippen LogP contribution >= 0.6 is 11.8 Å². The van der Waals surface area contributed by atoms with E-state index in [0.717, 1.165) is 16.2 Å². The Morgan fingerprint density at radius 3 is 2.50 bits per heavy atom. The van der Waals surface area contributed by atoms with Gasteiger partial charge in [-0.05, 0) is 18.6 Å². The number of benzene rings is 1. The highest BCUT2D eigenvalue weighted by atomic mass is 32.2. The normalized spacial score (nSPS) is 29.9. The number of nitrogens with zero attached hydrogens (tertiary/aromatic N) is 1. The van der Waals surface area contributed by atoms with Gasteiger partial charge in [-0.2, -0.15) is 11.8 Å². The number of hydrogen-bond donors (Lipinski definition) is 1. The summed E-state index contributed by atoms with van der Waals surface area (Å²) >= 11 is 2.14. The maximum absolute atomic E-state index is 5.96. The Morgan fingerprint density at radius 1 is 1.21 bits per heavy atom. The predicted molar refractivity (Wildman–Crippen MR) is 62.9 cm³/mol. The molecule has 0 aromatic heterocycles. The number of piperidine rings is 1. The van der Waals surface area contributed by atoms with Gasteiger partial charge in [0.25, 0.3) is 0 Å². The lowest BCUT2D eigenvalue weighted by molar-refractivity contribution is 0.558. The third-order valence-corrected chi connectivity index (χ3v) is 4.49. The van der Waals surface area contributed by atoms with Gasteiger partial charge in [0, 0.05) is 23.6 Å². The Kier molecular flexibility index (Phi) is 1.87. The van der Waals surface area contributed by atoms with Gasteiger partial charge in [0.2, 0.25) is 0 Å². The summed E-state index contributed by atoms with van der Waals surface area (Å²) < 4.78 is 0. The van der Waals surface area contributed by atoms with Gasteiger partial charge in [-0.3, -0.25) is 0 Å². The number of para-hydroxylation sites is 2. The van der Waals surface area contributed by atoms with E-state index < -0.39 is 0 Å². The van der Waals surface area contributed by atoms with Gasteiger partial charge in [0.1, 0.15) is 0 Å². The minimum atomic E-state index is 0.855. The van der Waals surface area contributed by atoms with E-state index in [-0.39, 0.29) is 0 Å². The van der Waals surface area contributed by atoms with Crippen molar-refractivity contribution in [2.45, 2.75) is 16.9 Å². The molecule has 3 aliphatic rings. The number of nitrogens with two attached hydrogens (primary N) is 1. The molecule has 2 atom stereocenters. The highest BCUT2D eigenvalue weighted by Crippen LogP contribution is 2.43. The minimum absolute atomic E-state index is 0.855. The summed E-state index contributed by atoms with van der Waals surface area (Å²) in [5.41, 5.74) is 8.10. The Labute approximate surface area is 88.5 Å². The third-order valence-electron chi connectivity index (χ3n) is 3.04. The number of anilines is 2. The molecule has 0 spiro atoms. The number of hydrogen-bond acceptors (Lipinski definition) is 3. The largest absolute Gasteiger partial charge is 0.397 e. The molecule has 0 aliphatic carbocycles. The molecule has 3 heterocycles. The first-order valence-corrected chi connectivity index (χ1v) is 6.02. The van der Waals surface area contributed by atoms with E-state index in [2.05, 4.69) is 28.8 Å². The van der Waals surface area contributed by atoms with E-state index in [1.54, 1.807) is 0 Å². The van der Waals surface area contributed by atoms with Crippen molar-refractivity contribution in [1.29, 1.82) is 0 Å². The van der Waals surface area contributed by atoms with Crippen molar-refractivity contribution in [2.24, 2.45) is 0 Å². The molecule has 3 aliphatic heterocycles. The highest BCUT2D eigenvalue weighted by molar-refractivity contribution is 8.02. The van der Waals surface area contributed by atoms with Crippen molar-refractivity contribution in [3.05, 3.63) is 24.3 Å². The van der Waals surface area contributed by atoms with Gasteiger partial charge in [-0.1, -0.05) is 12.1 Å². The molecule has 3 saturated heterocycles. The average molecular weight is 206 g/mol. The van der Waals surface area contributed by atoms with Crippen LogP contribution in [0.15, 0.2) is 24.3 Å². The van der Waals surface area contributed by atoms with Gasteiger partial charge < -0.3 is 10.6 Å². The Morgan fingerprint density at radius 2 is 1.86 bits per heavy atom. The van der Waals surface area contributed by atoms with E-state index in [9.17, 15) is 0 Å². The Bertz CT molecular complexity index is 337. The van der Waals surface area contributed by atoms with E-state index in [1.807, 2.05) is 12.1 Å². The molecule has 14 heavy (non-hydrogen) atoms. The molecule has 4 rings (SSSR count). The molecule has 0 radical (unpaired) electrons. The standard InChI is InChI=1S/C11H14N2S/c12-10-3-1-2-4-11(10)13-6-8-5-9(7-13)14-8/h1-4,8-9H,5-7,12H2. The topological polar surface area (TPSA) is 29.3 Å². The molecule has 2 bridgehead atoms. The molecule has 0 amide bonds. The summed E-state index contributed by atoms with van der Waals surface area (Å²) in [7, 11) is 0. The summed E-state index contributed by atoms with van der Waals surface area (Å²) in [6, 6.07) is 8.19. The van der Waals surface area contributed by atoms with Crippen molar-refractivity contribution >= 4 is 23.1 Å². The summed E-state index contributed by atoms with van der Waals surface area (Å²) in [5.74, 6) is 0. The van der Waals surface area contributed by atoms with Crippen LogP contribution in [-0.2, 0) is 0 Å². The molecule has 74 valence electrons. The van der Waals surface area contributed by atoms with Crippen molar-refractivity contribution < 1.29 is 0 Å². The second-order valence-electron chi connectivity index (χ2n) is 4.08. The number of fused-ring (bicyclic) bond motifs is 2. The minimum Gasteiger partial charge on any atom is -0.397 e. The van der Waals surface area contributed by atoms with Crippen LogP contribution in [0.25, 0.3) is 0 Å². The summed E-state index contributed by atoms with van der Waals surface area (Å²) in [5, 5.41) is 1.71. The van der Waals surface area contributed by atoms with Crippen LogP contribution in [0.3, 0.4) is 0 Å². The van der Waals surface area contributed by atoms with Crippen molar-refractivity contribution in [3.8, 4) is 0 Å². The lowest BCUT2D eigenvalue weighted by atomic mass is 10.1. The SMILES string of the molecule is Nc1ccccc1N1CC2CC(C1)S2. The maximum atomic E-state index is 5.96. The van der Waals surface area contributed by atoms with Gasteiger partial charge in [-0.15, -0.1) is 0 Å². The summed E-state index contributed by atoms with van der Waals surface area (Å²) in [6.07, 6.45) is 1.41. The quantitative estimate of drug-likeness (QED) is 0.712. The smallest absolute Gasteiger partial charge is 0.0600 e. The zero-order chi connectivity index (χ0) is 9.54. The van der Waals surface area contributed by atoms with Gasteiger partial charge in [0.15, 0.2) is 0 Å². The lowest BCUT2D eigenvalue weighted by Gasteiger charge is -2.47. The van der Waals surface area contributed by atoms with E-state index in [0.29, 0.717) is 0 Å². The number of nitrogen functional groups attached to an aromatic ring is 1. The Hall–Kier alpha value is -0.830. The van der Waals surface area contributed by atoms with Crippen LogP contribution in [0, 0.1) is 0 Å². The van der Waals surface area contributed by atoms with Gasteiger partial charge in [-0.25, -0.2) is 0 Å². The average Bonchev–Trinajstić information content (AvgIpc) is 2.17. The first kappa shape index (κ1) is 8.48. The van der Waals surface area contributed by atoms with Crippen LogP contribution in [-0.4, -0.2) is 23.6 Å². The second-order valence-corrected chi connectivity index (χ2v) is 5.69. The van der Waals surface area contributed by atoms with Crippen molar-refractivity contribution in [1.82, 2.24) is 0 Å². The zero-order valence-corrected chi connectivity index (χ0v) is 8.83.